The molecule has 0 saturated heterocycles. The summed E-state index contributed by atoms with van der Waals surface area (Å²) in [6.07, 6.45) is 11.7. The molecule has 0 unspecified atom stereocenters. The van der Waals surface area contributed by atoms with E-state index in [4.69, 9.17) is 10.7 Å². The molecule has 8 nitrogen and oxygen atoms in total. The molecule has 0 fully saturated rings. The number of nitrogens with zero attached hydrogens (tertiary/aromatic N) is 6. The first-order valence-corrected chi connectivity index (χ1v) is 14.6. The van der Waals surface area contributed by atoms with Crippen LogP contribution in [-0.4, -0.2) is 15.1 Å². The van der Waals surface area contributed by atoms with Crippen molar-refractivity contribution < 1.29 is 14.5 Å². The number of anilines is 2. The van der Waals surface area contributed by atoms with Crippen molar-refractivity contribution in [3.05, 3.63) is 169 Å². The first-order valence-electron chi connectivity index (χ1n) is 14.6. The summed E-state index contributed by atoms with van der Waals surface area (Å²) in [5.74, 6) is 1.63. The largest absolute Gasteiger partial charge is 0.392 e. The Morgan fingerprint density at radius 3 is 1.64 bits per heavy atom. The van der Waals surface area contributed by atoms with Crippen LogP contribution in [0.1, 0.15) is 22.3 Å². The fraction of sp³-hybridized carbons (Fsp3) is 0.111. The second-order valence-corrected chi connectivity index (χ2v) is 10.4. The smallest absolute Gasteiger partial charge is 0.200 e. The lowest BCUT2D eigenvalue weighted by Gasteiger charge is -2.18. The molecule has 0 aliphatic rings. The van der Waals surface area contributed by atoms with Crippen molar-refractivity contribution in [3.63, 3.8) is 0 Å². The first-order chi connectivity index (χ1) is 21.7. The highest BCUT2D eigenvalue weighted by molar-refractivity contribution is 5.64. The summed E-state index contributed by atoms with van der Waals surface area (Å²) in [5, 5.41) is 13.7. The van der Waals surface area contributed by atoms with Gasteiger partial charge in [0, 0.05) is 48.8 Å². The van der Waals surface area contributed by atoms with Gasteiger partial charge in [0.05, 0.1) is 6.61 Å². The molecule has 6 aromatic rings. The van der Waals surface area contributed by atoms with Crippen molar-refractivity contribution in [3.8, 4) is 11.1 Å². The van der Waals surface area contributed by atoms with Gasteiger partial charge in [-0.05, 0) is 46.0 Å². The standard InChI is InChI=1S/C36H35N7O/c37-23-30-8-7-9-31(22-30)27-43(41-20-5-2-6-21-41)36-17-15-34(25-39-36)33-13-10-29(11-14-33)26-42(40-18-3-1-4-19-40)35-16-12-32(28-44)24-38-35/h1-22,24-25,44H,23,26-28,37H2/q+2. The Morgan fingerprint density at radius 1 is 0.545 bits per heavy atom. The van der Waals surface area contributed by atoms with Crippen LogP contribution in [0.3, 0.4) is 0 Å². The Balaban J connectivity index is 1.22. The van der Waals surface area contributed by atoms with E-state index in [1.54, 1.807) is 6.20 Å². The van der Waals surface area contributed by atoms with E-state index < -0.39 is 0 Å². The summed E-state index contributed by atoms with van der Waals surface area (Å²) in [4.78, 5) is 9.47. The number of aliphatic hydroxyl groups is 1. The highest BCUT2D eigenvalue weighted by atomic mass is 16.3. The summed E-state index contributed by atoms with van der Waals surface area (Å²) in [5.41, 5.74) is 12.2. The number of pyridine rings is 4. The second-order valence-electron chi connectivity index (χ2n) is 10.4. The van der Waals surface area contributed by atoms with Crippen molar-refractivity contribution in [2.75, 3.05) is 10.0 Å². The molecule has 0 radical (unpaired) electrons. The molecule has 0 spiro atoms. The number of hydrogen-bond acceptors (Lipinski definition) is 6. The van der Waals surface area contributed by atoms with Gasteiger partial charge in [-0.3, -0.25) is 0 Å². The third kappa shape index (κ3) is 6.78. The van der Waals surface area contributed by atoms with Gasteiger partial charge in [0.1, 0.15) is 13.1 Å². The van der Waals surface area contributed by atoms with E-state index in [1.807, 2.05) is 96.3 Å². The fourth-order valence-electron chi connectivity index (χ4n) is 5.04. The minimum Gasteiger partial charge on any atom is -0.392 e. The molecule has 218 valence electrons. The van der Waals surface area contributed by atoms with Crippen molar-refractivity contribution in [2.24, 2.45) is 5.73 Å². The Bertz CT molecular complexity index is 1760. The van der Waals surface area contributed by atoms with Crippen LogP contribution in [0.5, 0.6) is 0 Å². The number of aromatic nitrogens is 4. The average molecular weight is 582 g/mol. The molecule has 44 heavy (non-hydrogen) atoms. The molecule has 0 bridgehead atoms. The SMILES string of the molecule is NCc1cccc(CN(c2ccc(-c3ccc(CN(c4ccc(CO)cn4)[n+]4ccccc4)cc3)cn2)[n+]2ccccc2)c1. The van der Waals surface area contributed by atoms with Crippen LogP contribution in [0, 0.1) is 0 Å². The molecular formula is C36H35N7O+2. The molecule has 4 heterocycles. The predicted molar refractivity (Wildman–Crippen MR) is 171 cm³/mol. The first kappa shape index (κ1) is 28.7. The average Bonchev–Trinajstić information content (AvgIpc) is 3.11. The summed E-state index contributed by atoms with van der Waals surface area (Å²) >= 11 is 0. The number of hydrogen-bond donors (Lipinski definition) is 2. The van der Waals surface area contributed by atoms with Gasteiger partial charge in [-0.1, -0.05) is 76.1 Å². The van der Waals surface area contributed by atoms with Crippen LogP contribution >= 0.6 is 0 Å². The molecule has 0 saturated carbocycles. The van der Waals surface area contributed by atoms with E-state index in [0.717, 1.165) is 45.0 Å². The van der Waals surface area contributed by atoms with E-state index in [2.05, 4.69) is 68.2 Å². The molecule has 0 atom stereocenters. The van der Waals surface area contributed by atoms with Crippen LogP contribution in [0.2, 0.25) is 0 Å². The Kier molecular flexibility index (Phi) is 8.92. The van der Waals surface area contributed by atoms with Gasteiger partial charge in [0.25, 0.3) is 0 Å². The normalized spacial score (nSPS) is 10.9. The van der Waals surface area contributed by atoms with E-state index >= 15 is 0 Å². The minimum atomic E-state index is -0.0329. The Morgan fingerprint density at radius 2 is 1.09 bits per heavy atom. The van der Waals surface area contributed by atoms with E-state index in [9.17, 15) is 5.11 Å². The van der Waals surface area contributed by atoms with Gasteiger partial charge in [0.2, 0.25) is 0 Å². The molecule has 0 amide bonds. The molecule has 6 rings (SSSR count). The highest BCUT2D eigenvalue weighted by Crippen LogP contribution is 2.23. The molecule has 8 heteroatoms. The fourth-order valence-corrected chi connectivity index (χ4v) is 5.04. The molecule has 0 aliphatic heterocycles. The minimum absolute atomic E-state index is 0.0329. The van der Waals surface area contributed by atoms with Crippen LogP contribution in [0.15, 0.2) is 146 Å². The maximum absolute atomic E-state index is 9.44. The van der Waals surface area contributed by atoms with Crippen LogP contribution in [-0.2, 0) is 26.2 Å². The summed E-state index contributed by atoms with van der Waals surface area (Å²) in [6.45, 7) is 1.74. The van der Waals surface area contributed by atoms with E-state index in [0.29, 0.717) is 19.6 Å². The topological polar surface area (TPSA) is 86.3 Å². The lowest BCUT2D eigenvalue weighted by Crippen LogP contribution is -2.53. The highest BCUT2D eigenvalue weighted by Gasteiger charge is 2.20. The maximum atomic E-state index is 9.44. The van der Waals surface area contributed by atoms with Crippen molar-refractivity contribution in [1.29, 1.82) is 0 Å². The number of nitrogens with two attached hydrogens (primary N) is 1. The predicted octanol–water partition coefficient (Wildman–Crippen LogP) is 4.61. The van der Waals surface area contributed by atoms with Gasteiger partial charge in [-0.2, -0.15) is 0 Å². The van der Waals surface area contributed by atoms with Crippen LogP contribution < -0.4 is 25.1 Å². The van der Waals surface area contributed by atoms with E-state index in [-0.39, 0.29) is 6.61 Å². The van der Waals surface area contributed by atoms with Crippen LogP contribution in [0.4, 0.5) is 11.6 Å². The zero-order valence-corrected chi connectivity index (χ0v) is 24.4. The van der Waals surface area contributed by atoms with Gasteiger partial charge >= 0.3 is 0 Å². The van der Waals surface area contributed by atoms with E-state index in [1.165, 1.54) is 0 Å². The lowest BCUT2D eigenvalue weighted by atomic mass is 10.1. The number of rotatable bonds is 11. The molecule has 2 aromatic carbocycles. The van der Waals surface area contributed by atoms with Crippen molar-refractivity contribution in [1.82, 2.24) is 9.97 Å². The quantitative estimate of drug-likeness (QED) is 0.218. The number of benzene rings is 2. The van der Waals surface area contributed by atoms with Gasteiger partial charge < -0.3 is 10.8 Å². The Labute approximate surface area is 257 Å². The van der Waals surface area contributed by atoms with Crippen LogP contribution in [0.25, 0.3) is 11.1 Å². The second kappa shape index (κ2) is 13.7. The lowest BCUT2D eigenvalue weighted by molar-refractivity contribution is -0.686. The third-order valence-electron chi connectivity index (χ3n) is 7.40. The summed E-state index contributed by atoms with van der Waals surface area (Å²) in [6, 6.07) is 36.9. The molecule has 3 N–H and O–H groups in total. The monoisotopic (exact) mass is 581 g/mol. The Hall–Kier alpha value is -5.44. The molecular weight excluding hydrogens is 546 g/mol. The van der Waals surface area contributed by atoms with Gasteiger partial charge in [-0.25, -0.2) is 9.97 Å². The van der Waals surface area contributed by atoms with Gasteiger partial charge in [-0.15, -0.1) is 10.0 Å². The van der Waals surface area contributed by atoms with Gasteiger partial charge in [0.15, 0.2) is 36.4 Å². The summed E-state index contributed by atoms with van der Waals surface area (Å²) < 4.78 is 4.06. The molecule has 4 aromatic heterocycles. The maximum Gasteiger partial charge on any atom is 0.200 e. The summed E-state index contributed by atoms with van der Waals surface area (Å²) in [7, 11) is 0. The van der Waals surface area contributed by atoms with Crippen molar-refractivity contribution >= 4 is 11.6 Å². The third-order valence-corrected chi connectivity index (χ3v) is 7.40. The zero-order valence-electron chi connectivity index (χ0n) is 24.4. The molecule has 0 aliphatic carbocycles. The zero-order chi connectivity index (χ0) is 30.1. The number of aliphatic hydroxyl groups excluding tert-OH is 1. The van der Waals surface area contributed by atoms with Crippen molar-refractivity contribution in [2.45, 2.75) is 26.2 Å².